The van der Waals surface area contributed by atoms with E-state index < -0.39 is 5.54 Å². The molecule has 1 unspecified atom stereocenters. The lowest BCUT2D eigenvalue weighted by atomic mass is 9.90. The minimum Gasteiger partial charge on any atom is -0.469 e. The zero-order valence-corrected chi connectivity index (χ0v) is 13.0. The molecule has 0 fully saturated rings. The third-order valence-corrected chi connectivity index (χ3v) is 3.35. The van der Waals surface area contributed by atoms with Crippen LogP contribution in [-0.2, 0) is 14.3 Å². The standard InChI is InChI=1S/C14H25N3O3/c1-11(2)14(3,10-15)16-12(18)9-17(4)8-6-7-13(19)20-5/h11H,6-9H2,1-5H3,(H,16,18). The van der Waals surface area contributed by atoms with Crippen molar-refractivity contribution in [2.75, 3.05) is 27.2 Å². The van der Waals surface area contributed by atoms with Crippen LogP contribution in [0.25, 0.3) is 0 Å². The molecule has 0 aromatic rings. The van der Waals surface area contributed by atoms with Crippen molar-refractivity contribution in [3.8, 4) is 6.07 Å². The molecular weight excluding hydrogens is 258 g/mol. The summed E-state index contributed by atoms with van der Waals surface area (Å²) < 4.78 is 4.55. The van der Waals surface area contributed by atoms with E-state index in [2.05, 4.69) is 16.1 Å². The summed E-state index contributed by atoms with van der Waals surface area (Å²) in [5.74, 6) is -0.413. The van der Waals surface area contributed by atoms with Crippen LogP contribution in [0.2, 0.25) is 0 Å². The van der Waals surface area contributed by atoms with Crippen molar-refractivity contribution >= 4 is 11.9 Å². The average Bonchev–Trinajstić information content (AvgIpc) is 2.37. The lowest BCUT2D eigenvalue weighted by molar-refractivity contribution is -0.140. The van der Waals surface area contributed by atoms with Crippen LogP contribution < -0.4 is 5.32 Å². The zero-order chi connectivity index (χ0) is 15.8. The largest absolute Gasteiger partial charge is 0.469 e. The smallest absolute Gasteiger partial charge is 0.305 e. The Morgan fingerprint density at radius 2 is 2.05 bits per heavy atom. The number of carbonyl (C=O) groups excluding carboxylic acids is 2. The highest BCUT2D eigenvalue weighted by Gasteiger charge is 2.30. The number of hydrogen-bond acceptors (Lipinski definition) is 5. The van der Waals surface area contributed by atoms with E-state index in [4.69, 9.17) is 5.26 Å². The quantitative estimate of drug-likeness (QED) is 0.670. The van der Waals surface area contributed by atoms with Gasteiger partial charge in [0.15, 0.2) is 0 Å². The van der Waals surface area contributed by atoms with E-state index in [1.165, 1.54) is 7.11 Å². The summed E-state index contributed by atoms with van der Waals surface area (Å²) in [7, 11) is 3.16. The lowest BCUT2D eigenvalue weighted by Crippen LogP contribution is -2.51. The van der Waals surface area contributed by atoms with Gasteiger partial charge in [0, 0.05) is 6.42 Å². The number of nitriles is 1. The van der Waals surface area contributed by atoms with Crippen molar-refractivity contribution in [2.24, 2.45) is 5.92 Å². The number of carbonyl (C=O) groups is 2. The fourth-order valence-corrected chi connectivity index (χ4v) is 1.55. The van der Waals surface area contributed by atoms with Crippen LogP contribution in [-0.4, -0.2) is 49.6 Å². The molecule has 6 heteroatoms. The first-order valence-corrected chi connectivity index (χ1v) is 6.72. The molecule has 6 nitrogen and oxygen atoms in total. The maximum absolute atomic E-state index is 11.9. The Morgan fingerprint density at radius 3 is 2.50 bits per heavy atom. The number of ether oxygens (including phenoxy) is 1. The molecule has 0 saturated heterocycles. The van der Waals surface area contributed by atoms with Crippen LogP contribution in [0.3, 0.4) is 0 Å². The molecular formula is C14H25N3O3. The van der Waals surface area contributed by atoms with Crippen molar-refractivity contribution in [2.45, 2.75) is 39.2 Å². The third kappa shape index (κ3) is 6.53. The van der Waals surface area contributed by atoms with Gasteiger partial charge in [0.25, 0.3) is 0 Å². The van der Waals surface area contributed by atoms with E-state index in [9.17, 15) is 9.59 Å². The second-order valence-electron chi connectivity index (χ2n) is 5.43. The molecule has 1 atom stereocenters. The van der Waals surface area contributed by atoms with E-state index in [-0.39, 0.29) is 24.3 Å². The predicted molar refractivity (Wildman–Crippen MR) is 75.7 cm³/mol. The molecule has 0 spiro atoms. The van der Waals surface area contributed by atoms with E-state index in [1.54, 1.807) is 14.0 Å². The minimum atomic E-state index is -0.857. The maximum Gasteiger partial charge on any atom is 0.305 e. The fourth-order valence-electron chi connectivity index (χ4n) is 1.55. The summed E-state index contributed by atoms with van der Waals surface area (Å²) >= 11 is 0. The zero-order valence-electron chi connectivity index (χ0n) is 13.0. The molecule has 1 amide bonds. The first-order chi connectivity index (χ1) is 9.25. The second-order valence-corrected chi connectivity index (χ2v) is 5.43. The van der Waals surface area contributed by atoms with Crippen molar-refractivity contribution in [1.29, 1.82) is 5.26 Å². The van der Waals surface area contributed by atoms with Crippen molar-refractivity contribution in [3.05, 3.63) is 0 Å². The molecule has 114 valence electrons. The Bertz CT molecular complexity index is 376. The van der Waals surface area contributed by atoms with Crippen molar-refractivity contribution < 1.29 is 14.3 Å². The molecule has 0 aliphatic rings. The summed E-state index contributed by atoms with van der Waals surface area (Å²) in [5, 5.41) is 11.9. The van der Waals surface area contributed by atoms with Gasteiger partial charge in [-0.15, -0.1) is 0 Å². The molecule has 0 heterocycles. The monoisotopic (exact) mass is 283 g/mol. The van der Waals surface area contributed by atoms with Gasteiger partial charge in [-0.3, -0.25) is 14.5 Å². The second kappa shape index (κ2) is 8.54. The summed E-state index contributed by atoms with van der Waals surface area (Å²) in [4.78, 5) is 24.7. The normalized spacial score (nSPS) is 13.7. The van der Waals surface area contributed by atoms with Gasteiger partial charge in [-0.2, -0.15) is 5.26 Å². The highest BCUT2D eigenvalue weighted by atomic mass is 16.5. The van der Waals surface area contributed by atoms with Gasteiger partial charge < -0.3 is 10.1 Å². The molecule has 20 heavy (non-hydrogen) atoms. The number of hydrogen-bond donors (Lipinski definition) is 1. The SMILES string of the molecule is COC(=O)CCCN(C)CC(=O)NC(C)(C#N)C(C)C. The van der Waals surface area contributed by atoms with Crippen LogP contribution in [0.15, 0.2) is 0 Å². The lowest BCUT2D eigenvalue weighted by Gasteiger charge is -2.28. The van der Waals surface area contributed by atoms with Gasteiger partial charge in [-0.05, 0) is 32.9 Å². The Hall–Kier alpha value is -1.61. The number of methoxy groups -OCH3 is 1. The van der Waals surface area contributed by atoms with E-state index in [1.807, 2.05) is 18.7 Å². The molecule has 0 aromatic carbocycles. The molecule has 0 rings (SSSR count). The average molecular weight is 283 g/mol. The summed E-state index contributed by atoms with van der Waals surface area (Å²) in [6.45, 7) is 6.32. The highest BCUT2D eigenvalue weighted by molar-refractivity contribution is 5.79. The Labute approximate surface area is 121 Å². The van der Waals surface area contributed by atoms with Crippen LogP contribution in [0.1, 0.15) is 33.6 Å². The van der Waals surface area contributed by atoms with E-state index in [0.717, 1.165) is 0 Å². The molecule has 0 aromatic heterocycles. The highest BCUT2D eigenvalue weighted by Crippen LogP contribution is 2.14. The first-order valence-electron chi connectivity index (χ1n) is 6.72. The number of rotatable bonds is 8. The van der Waals surface area contributed by atoms with Crippen molar-refractivity contribution in [3.63, 3.8) is 0 Å². The van der Waals surface area contributed by atoms with Crippen LogP contribution in [0.5, 0.6) is 0 Å². The van der Waals surface area contributed by atoms with E-state index >= 15 is 0 Å². The molecule has 1 N–H and O–H groups in total. The minimum absolute atomic E-state index is 0.0288. The van der Waals surface area contributed by atoms with Gasteiger partial charge in [-0.1, -0.05) is 13.8 Å². The number of nitrogens with one attached hydrogen (secondary N) is 1. The summed E-state index contributed by atoms with van der Waals surface area (Å²) in [6, 6.07) is 2.14. The number of amides is 1. The molecule has 0 bridgehead atoms. The number of nitrogens with zero attached hydrogens (tertiary/aromatic N) is 2. The van der Waals surface area contributed by atoms with Gasteiger partial charge in [0.05, 0.1) is 19.7 Å². The van der Waals surface area contributed by atoms with Crippen molar-refractivity contribution in [1.82, 2.24) is 10.2 Å². The molecule has 0 aliphatic heterocycles. The Kier molecular flexibility index (Phi) is 7.85. The van der Waals surface area contributed by atoms with Gasteiger partial charge in [0.1, 0.15) is 5.54 Å². The first kappa shape index (κ1) is 18.4. The summed E-state index contributed by atoms with van der Waals surface area (Å²) in [5.41, 5.74) is -0.857. The van der Waals surface area contributed by atoms with Gasteiger partial charge in [-0.25, -0.2) is 0 Å². The third-order valence-electron chi connectivity index (χ3n) is 3.35. The fraction of sp³-hybridized carbons (Fsp3) is 0.786. The topological polar surface area (TPSA) is 82.4 Å². The van der Waals surface area contributed by atoms with Crippen LogP contribution in [0, 0.1) is 17.2 Å². The predicted octanol–water partition coefficient (Wildman–Crippen LogP) is 0.926. The number of esters is 1. The van der Waals surface area contributed by atoms with Gasteiger partial charge >= 0.3 is 5.97 Å². The molecule has 0 aliphatic carbocycles. The Balaban J connectivity index is 4.14. The number of likely N-dealkylation sites (N-methyl/N-ethyl adjacent to an activating group) is 1. The maximum atomic E-state index is 11.9. The van der Waals surface area contributed by atoms with Crippen LogP contribution >= 0.6 is 0 Å². The molecule has 0 saturated carbocycles. The molecule has 0 radical (unpaired) electrons. The van der Waals surface area contributed by atoms with Gasteiger partial charge in [0.2, 0.25) is 5.91 Å². The van der Waals surface area contributed by atoms with Crippen LogP contribution in [0.4, 0.5) is 0 Å². The summed E-state index contributed by atoms with van der Waals surface area (Å²) in [6.07, 6.45) is 0.973. The Morgan fingerprint density at radius 1 is 1.45 bits per heavy atom. The van der Waals surface area contributed by atoms with E-state index in [0.29, 0.717) is 19.4 Å².